The quantitative estimate of drug-likeness (QED) is 0.140. The SMILES string of the molecule is CCOP(=O)(CCC[N+]1=CC=C(C=Cc2ccc(N(Cc3ccccc3)Cc3ccccc3)cc2)CC1)OCC. The minimum atomic E-state index is -2.96. The van der Waals surface area contributed by atoms with Gasteiger partial charge < -0.3 is 13.9 Å². The van der Waals surface area contributed by atoms with Gasteiger partial charge in [0.15, 0.2) is 6.21 Å². The second-order valence-electron chi connectivity index (χ2n) is 9.95. The highest BCUT2D eigenvalue weighted by Crippen LogP contribution is 2.48. The van der Waals surface area contributed by atoms with Crippen LogP contribution in [0.4, 0.5) is 5.69 Å². The Bertz CT molecular complexity index is 1270. The van der Waals surface area contributed by atoms with E-state index >= 15 is 0 Å². The predicted octanol–water partition coefficient (Wildman–Crippen LogP) is 7.98. The number of anilines is 1. The van der Waals surface area contributed by atoms with Crippen LogP contribution in [-0.4, -0.2) is 43.3 Å². The first-order valence-electron chi connectivity index (χ1n) is 14.3. The van der Waals surface area contributed by atoms with E-state index < -0.39 is 7.60 Å². The fourth-order valence-corrected chi connectivity index (χ4v) is 6.48. The predicted molar refractivity (Wildman–Crippen MR) is 167 cm³/mol. The maximum atomic E-state index is 12.7. The van der Waals surface area contributed by atoms with Gasteiger partial charge in [-0.3, -0.25) is 4.57 Å². The van der Waals surface area contributed by atoms with Crippen molar-refractivity contribution in [3.8, 4) is 0 Å². The first kappa shape index (κ1) is 29.7. The topological polar surface area (TPSA) is 41.8 Å². The lowest BCUT2D eigenvalue weighted by Gasteiger charge is -2.25. The minimum Gasteiger partial charge on any atom is -0.363 e. The average Bonchev–Trinajstić information content (AvgIpc) is 2.98. The van der Waals surface area contributed by atoms with E-state index in [9.17, 15) is 4.57 Å². The third-order valence-corrected chi connectivity index (χ3v) is 9.06. The second kappa shape index (κ2) is 15.5. The van der Waals surface area contributed by atoms with Crippen LogP contribution in [0.25, 0.3) is 6.08 Å². The van der Waals surface area contributed by atoms with Crippen LogP contribution in [0.5, 0.6) is 0 Å². The van der Waals surface area contributed by atoms with Crippen molar-refractivity contribution >= 4 is 25.6 Å². The van der Waals surface area contributed by atoms with Crippen molar-refractivity contribution in [1.82, 2.24) is 0 Å². The number of rotatable bonds is 15. The Morgan fingerprint density at radius 3 is 1.95 bits per heavy atom. The molecule has 0 N–H and O–H groups in total. The molecule has 0 amide bonds. The number of allylic oxidation sites excluding steroid dienone is 2. The molecule has 5 nitrogen and oxygen atoms in total. The summed E-state index contributed by atoms with van der Waals surface area (Å²) in [4.78, 5) is 2.42. The van der Waals surface area contributed by atoms with E-state index in [0.717, 1.165) is 39.0 Å². The van der Waals surface area contributed by atoms with E-state index in [4.69, 9.17) is 9.05 Å². The molecule has 0 bridgehead atoms. The highest BCUT2D eigenvalue weighted by Gasteiger charge is 2.24. The zero-order valence-corrected chi connectivity index (χ0v) is 24.7. The van der Waals surface area contributed by atoms with E-state index in [2.05, 4.69) is 119 Å². The Hall–Kier alpha value is -3.24. The van der Waals surface area contributed by atoms with Crippen LogP contribution in [0.15, 0.2) is 103 Å². The van der Waals surface area contributed by atoms with Crippen molar-refractivity contribution < 1.29 is 18.2 Å². The van der Waals surface area contributed by atoms with Crippen LogP contribution >= 0.6 is 7.60 Å². The van der Waals surface area contributed by atoms with Crippen LogP contribution in [0.2, 0.25) is 0 Å². The normalized spacial score (nSPS) is 13.8. The lowest BCUT2D eigenvalue weighted by atomic mass is 10.1. The maximum Gasteiger partial charge on any atom is 0.330 e. The Morgan fingerprint density at radius 1 is 0.825 bits per heavy atom. The molecule has 0 fully saturated rings. The van der Waals surface area contributed by atoms with Crippen LogP contribution in [0.3, 0.4) is 0 Å². The third kappa shape index (κ3) is 9.45. The van der Waals surface area contributed by atoms with Gasteiger partial charge in [-0.2, -0.15) is 0 Å². The summed E-state index contributed by atoms with van der Waals surface area (Å²) < 4.78 is 25.7. The van der Waals surface area contributed by atoms with E-state index in [1.54, 1.807) is 0 Å². The summed E-state index contributed by atoms with van der Waals surface area (Å²) in [5, 5.41) is 0. The molecule has 40 heavy (non-hydrogen) atoms. The van der Waals surface area contributed by atoms with E-state index in [-0.39, 0.29) is 0 Å². The molecule has 3 aromatic rings. The van der Waals surface area contributed by atoms with Gasteiger partial charge in [0.1, 0.15) is 13.1 Å². The fourth-order valence-electron chi connectivity index (χ4n) is 4.83. The summed E-state index contributed by atoms with van der Waals surface area (Å²) in [5.41, 5.74) is 6.31. The molecule has 4 rings (SSSR count). The van der Waals surface area contributed by atoms with Crippen LogP contribution in [-0.2, 0) is 26.7 Å². The fraction of sp³-hybridized carbons (Fsp3) is 0.324. The Balaban J connectivity index is 1.35. The number of benzene rings is 3. The van der Waals surface area contributed by atoms with Gasteiger partial charge in [0.25, 0.3) is 0 Å². The van der Waals surface area contributed by atoms with Crippen LogP contribution in [0, 0.1) is 0 Å². The zero-order valence-electron chi connectivity index (χ0n) is 23.8. The summed E-state index contributed by atoms with van der Waals surface area (Å²) in [5.74, 6) is 0. The van der Waals surface area contributed by atoms with Gasteiger partial charge in [-0.15, -0.1) is 0 Å². The number of hydrogen-bond acceptors (Lipinski definition) is 4. The molecule has 0 aliphatic carbocycles. The highest BCUT2D eigenvalue weighted by molar-refractivity contribution is 7.53. The lowest BCUT2D eigenvalue weighted by molar-refractivity contribution is -0.523. The van der Waals surface area contributed by atoms with Gasteiger partial charge in [0, 0.05) is 37.7 Å². The van der Waals surface area contributed by atoms with Gasteiger partial charge >= 0.3 is 7.60 Å². The largest absolute Gasteiger partial charge is 0.363 e. The Kier molecular flexibility index (Phi) is 11.5. The van der Waals surface area contributed by atoms with Gasteiger partial charge in [0.05, 0.1) is 19.4 Å². The molecule has 0 spiro atoms. The molecule has 0 saturated heterocycles. The standard InChI is InChI=1S/C34H42N2O3P/c1-3-38-40(37,39-4-2)27-11-24-35-25-22-31(23-26-35)17-16-30-18-20-34(21-19-30)36(28-32-12-7-5-8-13-32)29-33-14-9-6-10-15-33/h5-10,12-22,25H,3-4,11,23-24,26-29H2,1-2H3/q+1. The number of hydrogen-bond donors (Lipinski definition) is 0. The zero-order chi connectivity index (χ0) is 28.0. The molecule has 6 heteroatoms. The molecule has 0 radical (unpaired) electrons. The molecule has 0 aromatic heterocycles. The molecule has 210 valence electrons. The van der Waals surface area contributed by atoms with Crippen molar-refractivity contribution in [2.45, 2.75) is 39.8 Å². The van der Waals surface area contributed by atoms with Crippen molar-refractivity contribution in [3.05, 3.63) is 119 Å². The maximum absolute atomic E-state index is 12.7. The molecular weight excluding hydrogens is 515 g/mol. The van der Waals surface area contributed by atoms with Crippen LogP contribution in [0.1, 0.15) is 43.4 Å². The van der Waals surface area contributed by atoms with Crippen molar-refractivity contribution in [2.24, 2.45) is 0 Å². The second-order valence-corrected chi connectivity index (χ2v) is 12.1. The summed E-state index contributed by atoms with van der Waals surface area (Å²) in [6.07, 6.45) is 11.0. The Morgan fingerprint density at radius 2 is 1.43 bits per heavy atom. The van der Waals surface area contributed by atoms with Gasteiger partial charge in [-0.1, -0.05) is 84.9 Å². The highest BCUT2D eigenvalue weighted by atomic mass is 31.2. The van der Waals surface area contributed by atoms with Crippen molar-refractivity contribution in [2.75, 3.05) is 37.4 Å². The summed E-state index contributed by atoms with van der Waals surface area (Å²) in [7, 11) is -2.96. The van der Waals surface area contributed by atoms with Gasteiger partial charge in [-0.25, -0.2) is 4.58 Å². The average molecular weight is 558 g/mol. The molecule has 1 aliphatic rings. The van der Waals surface area contributed by atoms with Crippen molar-refractivity contribution in [1.29, 1.82) is 0 Å². The smallest absolute Gasteiger partial charge is 0.330 e. The summed E-state index contributed by atoms with van der Waals surface area (Å²) in [6, 6.07) is 30.1. The van der Waals surface area contributed by atoms with E-state index in [1.165, 1.54) is 28.0 Å². The molecule has 0 unspecified atom stereocenters. The molecule has 1 heterocycles. The first-order chi connectivity index (χ1) is 19.6. The summed E-state index contributed by atoms with van der Waals surface area (Å²) >= 11 is 0. The minimum absolute atomic E-state index is 0.411. The molecule has 0 atom stereocenters. The molecule has 3 aromatic carbocycles. The molecular formula is C34H42N2O3P+. The number of nitrogens with zero attached hydrogens (tertiary/aromatic N) is 2. The van der Waals surface area contributed by atoms with E-state index in [1.807, 2.05) is 13.8 Å². The van der Waals surface area contributed by atoms with Gasteiger partial charge in [-0.05, 0) is 48.2 Å². The van der Waals surface area contributed by atoms with Crippen LogP contribution < -0.4 is 4.90 Å². The lowest BCUT2D eigenvalue weighted by Crippen LogP contribution is -2.22. The summed E-state index contributed by atoms with van der Waals surface area (Å²) in [6.45, 7) is 8.05. The molecule has 1 aliphatic heterocycles. The monoisotopic (exact) mass is 557 g/mol. The van der Waals surface area contributed by atoms with Crippen molar-refractivity contribution in [3.63, 3.8) is 0 Å². The first-order valence-corrected chi connectivity index (χ1v) is 16.1. The molecule has 0 saturated carbocycles. The third-order valence-electron chi connectivity index (χ3n) is 6.90. The Labute approximate surface area is 240 Å². The van der Waals surface area contributed by atoms with Gasteiger partial charge in [0.2, 0.25) is 0 Å². The van der Waals surface area contributed by atoms with E-state index in [0.29, 0.717) is 19.4 Å².